The second-order valence-corrected chi connectivity index (χ2v) is 4.24. The molecule has 0 unspecified atom stereocenters. The van der Waals surface area contributed by atoms with Crippen LogP contribution in [0.2, 0.25) is 0 Å². The Hall–Kier alpha value is -1.30. The third kappa shape index (κ3) is 5.04. The molecule has 0 spiro atoms. The minimum absolute atomic E-state index is 0.0339. The van der Waals surface area contributed by atoms with Gasteiger partial charge in [-0.25, -0.2) is 4.79 Å². The molecule has 2 N–H and O–H groups in total. The highest BCUT2D eigenvalue weighted by Crippen LogP contribution is 2.01. The Labute approximate surface area is 102 Å². The number of urea groups is 1. The molecule has 1 rings (SSSR count). The van der Waals surface area contributed by atoms with Gasteiger partial charge in [-0.2, -0.15) is 0 Å². The van der Waals surface area contributed by atoms with Crippen molar-refractivity contribution in [1.29, 1.82) is 0 Å². The van der Waals surface area contributed by atoms with Crippen LogP contribution in [-0.4, -0.2) is 66.2 Å². The third-order valence-electron chi connectivity index (χ3n) is 2.82. The van der Waals surface area contributed by atoms with E-state index in [1.807, 2.05) is 4.90 Å². The quantitative estimate of drug-likeness (QED) is 0.676. The number of hydrogen-bond donors (Lipinski definition) is 2. The summed E-state index contributed by atoms with van der Waals surface area (Å²) in [5.74, 6) is -0.814. The van der Waals surface area contributed by atoms with Crippen LogP contribution in [0.5, 0.6) is 0 Å². The van der Waals surface area contributed by atoms with Crippen molar-refractivity contribution >= 4 is 12.0 Å². The van der Waals surface area contributed by atoms with Crippen LogP contribution >= 0.6 is 0 Å². The lowest BCUT2D eigenvalue weighted by Gasteiger charge is -2.33. The molecule has 0 aromatic carbocycles. The molecule has 1 aliphatic heterocycles. The normalized spacial score (nSPS) is 16.9. The van der Waals surface area contributed by atoms with Crippen molar-refractivity contribution in [3.8, 4) is 0 Å². The van der Waals surface area contributed by atoms with Crippen LogP contribution in [0, 0.1) is 0 Å². The molecule has 1 saturated heterocycles. The summed E-state index contributed by atoms with van der Waals surface area (Å²) in [4.78, 5) is 25.8. The fourth-order valence-electron chi connectivity index (χ4n) is 1.78. The van der Waals surface area contributed by atoms with Gasteiger partial charge in [0.1, 0.15) is 0 Å². The van der Waals surface area contributed by atoms with Gasteiger partial charge in [0.25, 0.3) is 0 Å². The van der Waals surface area contributed by atoms with E-state index in [4.69, 9.17) is 5.11 Å². The first-order valence-electron chi connectivity index (χ1n) is 6.10. The van der Waals surface area contributed by atoms with Crippen LogP contribution in [0.25, 0.3) is 0 Å². The lowest BCUT2D eigenvalue weighted by molar-refractivity contribution is -0.138. The van der Waals surface area contributed by atoms with Gasteiger partial charge in [0.05, 0.1) is 6.54 Å². The van der Waals surface area contributed by atoms with Crippen molar-refractivity contribution in [1.82, 2.24) is 15.1 Å². The minimum atomic E-state index is -0.814. The summed E-state index contributed by atoms with van der Waals surface area (Å²) in [6.45, 7) is 5.32. The molecular formula is C11H21N3O3. The molecule has 1 fully saturated rings. The molecular weight excluding hydrogens is 222 g/mol. The van der Waals surface area contributed by atoms with E-state index in [2.05, 4.69) is 12.2 Å². The molecule has 0 aromatic heterocycles. The number of aliphatic carboxylic acids is 1. The molecule has 17 heavy (non-hydrogen) atoms. The zero-order chi connectivity index (χ0) is 12.7. The van der Waals surface area contributed by atoms with Gasteiger partial charge in [-0.15, -0.1) is 0 Å². The standard InChI is InChI=1S/C11H21N3O3/c1-2-3-4-12-11(17)14-7-5-13(6-8-14)9-10(15)16/h2-9H2,1H3,(H,12,17)(H,15,16). The number of carboxylic acids is 1. The predicted molar refractivity (Wildman–Crippen MR) is 64.0 cm³/mol. The molecule has 1 aliphatic rings. The summed E-state index contributed by atoms with van der Waals surface area (Å²) in [5.41, 5.74) is 0. The van der Waals surface area contributed by atoms with E-state index in [0.717, 1.165) is 12.8 Å². The van der Waals surface area contributed by atoms with Crippen LogP contribution < -0.4 is 5.32 Å². The van der Waals surface area contributed by atoms with Gasteiger partial charge in [-0.1, -0.05) is 13.3 Å². The summed E-state index contributed by atoms with van der Waals surface area (Å²) >= 11 is 0. The Bertz CT molecular complexity index is 263. The van der Waals surface area contributed by atoms with E-state index in [-0.39, 0.29) is 12.6 Å². The number of unbranched alkanes of at least 4 members (excludes halogenated alkanes) is 1. The maximum atomic E-state index is 11.7. The van der Waals surface area contributed by atoms with Gasteiger partial charge in [0, 0.05) is 32.7 Å². The van der Waals surface area contributed by atoms with Crippen molar-refractivity contribution in [2.45, 2.75) is 19.8 Å². The number of carbonyl (C=O) groups excluding carboxylic acids is 1. The summed E-state index contributed by atoms with van der Waals surface area (Å²) in [6, 6.07) is -0.0339. The highest BCUT2D eigenvalue weighted by Gasteiger charge is 2.21. The molecule has 6 heteroatoms. The first kappa shape index (κ1) is 13.8. The van der Waals surface area contributed by atoms with Gasteiger partial charge in [-0.05, 0) is 6.42 Å². The van der Waals surface area contributed by atoms with Crippen molar-refractivity contribution in [2.24, 2.45) is 0 Å². The molecule has 0 aromatic rings. The summed E-state index contributed by atoms with van der Waals surface area (Å²) in [5, 5.41) is 11.5. The van der Waals surface area contributed by atoms with Gasteiger partial charge in [0.2, 0.25) is 0 Å². The largest absolute Gasteiger partial charge is 0.480 e. The van der Waals surface area contributed by atoms with E-state index in [9.17, 15) is 9.59 Å². The Morgan fingerprint density at radius 3 is 2.41 bits per heavy atom. The number of rotatable bonds is 5. The Balaban J connectivity index is 2.21. The van der Waals surface area contributed by atoms with E-state index >= 15 is 0 Å². The molecule has 2 amide bonds. The van der Waals surface area contributed by atoms with E-state index in [1.165, 1.54) is 0 Å². The molecule has 0 aliphatic carbocycles. The Morgan fingerprint density at radius 2 is 1.88 bits per heavy atom. The van der Waals surface area contributed by atoms with Crippen molar-refractivity contribution < 1.29 is 14.7 Å². The van der Waals surface area contributed by atoms with Crippen LogP contribution in [-0.2, 0) is 4.79 Å². The predicted octanol–water partition coefficient (Wildman–Crippen LogP) is 0.198. The summed E-state index contributed by atoms with van der Waals surface area (Å²) in [6.07, 6.45) is 2.05. The number of amides is 2. The van der Waals surface area contributed by atoms with Gasteiger partial charge in [0.15, 0.2) is 0 Å². The first-order valence-corrected chi connectivity index (χ1v) is 6.10. The van der Waals surface area contributed by atoms with Gasteiger partial charge in [-0.3, -0.25) is 9.69 Å². The molecule has 0 saturated carbocycles. The zero-order valence-electron chi connectivity index (χ0n) is 10.3. The fraction of sp³-hybridized carbons (Fsp3) is 0.818. The average molecular weight is 243 g/mol. The molecule has 0 bridgehead atoms. The van der Waals surface area contributed by atoms with Crippen molar-refractivity contribution in [3.63, 3.8) is 0 Å². The fourth-order valence-corrected chi connectivity index (χ4v) is 1.78. The minimum Gasteiger partial charge on any atom is -0.480 e. The zero-order valence-corrected chi connectivity index (χ0v) is 10.3. The SMILES string of the molecule is CCCCNC(=O)N1CCN(CC(=O)O)CC1. The Kier molecular flexibility index (Phi) is 5.76. The number of piperazine rings is 1. The molecule has 1 heterocycles. The van der Waals surface area contributed by atoms with Crippen molar-refractivity contribution in [3.05, 3.63) is 0 Å². The molecule has 0 atom stereocenters. The van der Waals surface area contributed by atoms with E-state index < -0.39 is 5.97 Å². The monoisotopic (exact) mass is 243 g/mol. The number of nitrogens with zero attached hydrogens (tertiary/aromatic N) is 2. The highest BCUT2D eigenvalue weighted by molar-refractivity contribution is 5.74. The second-order valence-electron chi connectivity index (χ2n) is 4.24. The number of carbonyl (C=O) groups is 2. The molecule has 98 valence electrons. The highest BCUT2D eigenvalue weighted by atomic mass is 16.4. The number of nitrogens with one attached hydrogen (secondary N) is 1. The smallest absolute Gasteiger partial charge is 0.317 e. The van der Waals surface area contributed by atoms with Gasteiger partial charge >= 0.3 is 12.0 Å². The second kappa shape index (κ2) is 7.11. The van der Waals surface area contributed by atoms with Crippen LogP contribution in [0.1, 0.15) is 19.8 Å². The van der Waals surface area contributed by atoms with Gasteiger partial charge < -0.3 is 15.3 Å². The first-order chi connectivity index (χ1) is 8.13. The van der Waals surface area contributed by atoms with Crippen molar-refractivity contribution in [2.75, 3.05) is 39.3 Å². The van der Waals surface area contributed by atoms with Crippen LogP contribution in [0.15, 0.2) is 0 Å². The third-order valence-corrected chi connectivity index (χ3v) is 2.82. The summed E-state index contributed by atoms with van der Waals surface area (Å²) < 4.78 is 0. The maximum Gasteiger partial charge on any atom is 0.317 e. The average Bonchev–Trinajstić information content (AvgIpc) is 2.29. The lowest BCUT2D eigenvalue weighted by Crippen LogP contribution is -2.52. The molecule has 0 radical (unpaired) electrons. The maximum absolute atomic E-state index is 11.7. The van der Waals surface area contributed by atoms with Crippen LogP contribution in [0.4, 0.5) is 4.79 Å². The number of hydrogen-bond acceptors (Lipinski definition) is 3. The Morgan fingerprint density at radius 1 is 1.24 bits per heavy atom. The summed E-state index contributed by atoms with van der Waals surface area (Å²) in [7, 11) is 0. The number of carboxylic acid groups (broad SMARTS) is 1. The van der Waals surface area contributed by atoms with Crippen LogP contribution in [0.3, 0.4) is 0 Å². The molecule has 6 nitrogen and oxygen atoms in total. The lowest BCUT2D eigenvalue weighted by atomic mass is 10.3. The van der Waals surface area contributed by atoms with E-state index in [1.54, 1.807) is 4.90 Å². The van der Waals surface area contributed by atoms with E-state index in [0.29, 0.717) is 32.7 Å². The topological polar surface area (TPSA) is 72.9 Å².